The first-order valence-electron chi connectivity index (χ1n) is 11.6. The second-order valence-electron chi connectivity index (χ2n) is 7.67. The number of nitrogens with one attached hydrogen (secondary N) is 1. The third kappa shape index (κ3) is 8.54. The molecule has 32 heavy (non-hydrogen) atoms. The summed E-state index contributed by atoms with van der Waals surface area (Å²) in [5.74, 6) is 0.867. The highest BCUT2D eigenvalue weighted by atomic mass is 35.5. The first-order valence-corrected chi connectivity index (χ1v) is 12.0. The normalized spacial score (nSPS) is 11.0. The molecule has 6 heteroatoms. The number of carbonyl (C=O) groups is 1. The molecule has 174 valence electrons. The molecule has 0 unspecified atom stereocenters. The molecule has 2 aromatic rings. The predicted octanol–water partition coefficient (Wildman–Crippen LogP) is 6.80. The molecular weight excluding hydrogens is 424 g/mol. The minimum absolute atomic E-state index is 0.258. The lowest BCUT2D eigenvalue weighted by atomic mass is 10.1. The Kier molecular flexibility index (Phi) is 11.7. The molecule has 0 saturated carbocycles. The summed E-state index contributed by atoms with van der Waals surface area (Å²) in [6.07, 6.45) is 9.35. The Hall–Kier alpha value is -2.53. The largest absolute Gasteiger partial charge is 0.490 e. The summed E-state index contributed by atoms with van der Waals surface area (Å²) >= 11 is 6.44. The zero-order chi connectivity index (χ0) is 23.2. The first-order chi connectivity index (χ1) is 15.6. The molecule has 0 saturated heterocycles. The van der Waals surface area contributed by atoms with Crippen molar-refractivity contribution < 1.29 is 14.3 Å². The van der Waals surface area contributed by atoms with Crippen molar-refractivity contribution in [2.24, 2.45) is 5.10 Å². The molecule has 0 heterocycles. The van der Waals surface area contributed by atoms with E-state index in [0.29, 0.717) is 40.9 Å². The van der Waals surface area contributed by atoms with E-state index >= 15 is 0 Å². The number of nitrogens with zero attached hydrogens (tertiary/aromatic N) is 1. The predicted molar refractivity (Wildman–Crippen MR) is 132 cm³/mol. The van der Waals surface area contributed by atoms with E-state index < -0.39 is 0 Å². The molecule has 0 aliphatic carbocycles. The summed E-state index contributed by atoms with van der Waals surface area (Å²) in [6.45, 7) is 7.35. The van der Waals surface area contributed by atoms with E-state index in [1.165, 1.54) is 18.4 Å². The number of amides is 1. The zero-order valence-corrected chi connectivity index (χ0v) is 20.2. The van der Waals surface area contributed by atoms with Crippen molar-refractivity contribution >= 4 is 23.7 Å². The summed E-state index contributed by atoms with van der Waals surface area (Å²) in [5.41, 5.74) is 5.09. The summed E-state index contributed by atoms with van der Waals surface area (Å²) < 4.78 is 11.6. The number of hydrogen-bond acceptors (Lipinski definition) is 4. The van der Waals surface area contributed by atoms with Gasteiger partial charge in [0.05, 0.1) is 24.5 Å². The smallest absolute Gasteiger partial charge is 0.271 e. The number of hydrazone groups is 1. The third-order valence-corrected chi connectivity index (χ3v) is 5.27. The highest BCUT2D eigenvalue weighted by Crippen LogP contribution is 2.36. The molecule has 1 amide bonds. The van der Waals surface area contributed by atoms with Crippen molar-refractivity contribution in [3.8, 4) is 11.5 Å². The molecular formula is C26H35ClN2O3. The number of rotatable bonds is 14. The number of carbonyl (C=O) groups excluding carboxylic acids is 1. The van der Waals surface area contributed by atoms with E-state index in [1.807, 2.05) is 37.3 Å². The van der Waals surface area contributed by atoms with E-state index in [0.717, 1.165) is 32.1 Å². The molecule has 0 aromatic heterocycles. The van der Waals surface area contributed by atoms with Crippen LogP contribution in [0.3, 0.4) is 0 Å². The van der Waals surface area contributed by atoms with Gasteiger partial charge in [-0.1, -0.05) is 63.3 Å². The quantitative estimate of drug-likeness (QED) is 0.192. The summed E-state index contributed by atoms with van der Waals surface area (Å²) in [7, 11) is 0. The Labute approximate surface area is 197 Å². The minimum atomic E-state index is -0.258. The summed E-state index contributed by atoms with van der Waals surface area (Å²) in [5, 5.41) is 4.54. The molecule has 0 atom stereocenters. The van der Waals surface area contributed by atoms with Gasteiger partial charge in [-0.3, -0.25) is 4.79 Å². The van der Waals surface area contributed by atoms with Crippen molar-refractivity contribution in [1.29, 1.82) is 0 Å². The van der Waals surface area contributed by atoms with Gasteiger partial charge in [0.2, 0.25) is 0 Å². The topological polar surface area (TPSA) is 59.9 Å². The monoisotopic (exact) mass is 458 g/mol. The number of ether oxygens (including phenoxy) is 2. The van der Waals surface area contributed by atoms with Gasteiger partial charge >= 0.3 is 0 Å². The fourth-order valence-corrected chi connectivity index (χ4v) is 3.48. The van der Waals surface area contributed by atoms with Crippen LogP contribution in [0.15, 0.2) is 41.5 Å². The highest BCUT2D eigenvalue weighted by molar-refractivity contribution is 6.32. The third-order valence-electron chi connectivity index (χ3n) is 4.99. The van der Waals surface area contributed by atoms with Crippen LogP contribution in [0.5, 0.6) is 11.5 Å². The Morgan fingerprint density at radius 3 is 2.44 bits per heavy atom. The molecule has 0 aliphatic heterocycles. The molecule has 0 aliphatic rings. The first kappa shape index (κ1) is 25.7. The molecule has 0 bridgehead atoms. The fourth-order valence-electron chi connectivity index (χ4n) is 3.20. The highest BCUT2D eigenvalue weighted by Gasteiger charge is 2.12. The number of hydrogen-bond donors (Lipinski definition) is 1. The van der Waals surface area contributed by atoms with E-state index in [9.17, 15) is 4.79 Å². The van der Waals surface area contributed by atoms with Crippen molar-refractivity contribution in [1.82, 2.24) is 5.43 Å². The molecule has 5 nitrogen and oxygen atoms in total. The maximum atomic E-state index is 12.3. The van der Waals surface area contributed by atoms with Crippen LogP contribution in [-0.2, 0) is 6.42 Å². The van der Waals surface area contributed by atoms with Crippen LogP contribution in [0.25, 0.3) is 0 Å². The van der Waals surface area contributed by atoms with E-state index in [1.54, 1.807) is 12.3 Å². The Morgan fingerprint density at radius 2 is 1.75 bits per heavy atom. The lowest BCUT2D eigenvalue weighted by Gasteiger charge is -2.14. The lowest BCUT2D eigenvalue weighted by Crippen LogP contribution is -2.17. The van der Waals surface area contributed by atoms with Gasteiger partial charge in [0.1, 0.15) is 0 Å². The van der Waals surface area contributed by atoms with Gasteiger partial charge < -0.3 is 9.47 Å². The molecule has 0 spiro atoms. The van der Waals surface area contributed by atoms with Gasteiger partial charge in [0.25, 0.3) is 5.91 Å². The summed E-state index contributed by atoms with van der Waals surface area (Å²) in [6, 6.07) is 11.2. The maximum absolute atomic E-state index is 12.3. The van der Waals surface area contributed by atoms with E-state index in [4.69, 9.17) is 21.1 Å². The molecule has 2 rings (SSSR count). The van der Waals surface area contributed by atoms with Gasteiger partial charge in [0, 0.05) is 5.56 Å². The van der Waals surface area contributed by atoms with Gasteiger partial charge in [-0.25, -0.2) is 5.43 Å². The molecule has 1 N–H and O–H groups in total. The van der Waals surface area contributed by atoms with Crippen LogP contribution in [0.1, 0.15) is 80.8 Å². The van der Waals surface area contributed by atoms with Crippen LogP contribution in [-0.4, -0.2) is 25.3 Å². The van der Waals surface area contributed by atoms with Crippen molar-refractivity contribution in [3.63, 3.8) is 0 Å². The fraction of sp³-hybridized carbons (Fsp3) is 0.462. The summed E-state index contributed by atoms with van der Waals surface area (Å²) in [4.78, 5) is 12.3. The van der Waals surface area contributed by atoms with Crippen molar-refractivity contribution in [3.05, 3.63) is 58.1 Å². The Bertz CT molecular complexity index is 866. The average Bonchev–Trinajstić information content (AvgIpc) is 2.79. The van der Waals surface area contributed by atoms with Crippen LogP contribution in [0.2, 0.25) is 5.02 Å². The Balaban J connectivity index is 1.99. The van der Waals surface area contributed by atoms with Gasteiger partial charge in [-0.05, 0) is 61.6 Å². The van der Waals surface area contributed by atoms with E-state index in [-0.39, 0.29) is 5.91 Å². The SMILES string of the molecule is CCCCCCOc1c(Cl)cc(/C=N/NC(=O)c2ccc(CCCC)cc2)cc1OCC. The molecule has 2 aromatic carbocycles. The number of halogens is 1. The Morgan fingerprint density at radius 1 is 1.00 bits per heavy atom. The van der Waals surface area contributed by atoms with Crippen LogP contribution in [0, 0.1) is 0 Å². The number of benzene rings is 2. The second kappa shape index (κ2) is 14.5. The van der Waals surface area contributed by atoms with Gasteiger partial charge in [0.15, 0.2) is 11.5 Å². The minimum Gasteiger partial charge on any atom is -0.490 e. The zero-order valence-electron chi connectivity index (χ0n) is 19.5. The maximum Gasteiger partial charge on any atom is 0.271 e. The lowest BCUT2D eigenvalue weighted by molar-refractivity contribution is 0.0955. The molecule has 0 fully saturated rings. The standard InChI is InChI=1S/C26H35ClN2O3/c1-4-7-9-10-16-32-25-23(27)17-21(18-24(25)31-6-3)19-28-29-26(30)22-14-12-20(13-15-22)11-8-5-2/h12-15,17-19H,4-11,16H2,1-3H3,(H,29,30)/b28-19+. The average molecular weight is 459 g/mol. The van der Waals surface area contributed by atoms with Crippen molar-refractivity contribution in [2.45, 2.75) is 65.7 Å². The van der Waals surface area contributed by atoms with Crippen LogP contribution in [0.4, 0.5) is 0 Å². The second-order valence-corrected chi connectivity index (χ2v) is 8.08. The van der Waals surface area contributed by atoms with Crippen LogP contribution >= 0.6 is 11.6 Å². The number of aryl methyl sites for hydroxylation is 1. The molecule has 0 radical (unpaired) electrons. The van der Waals surface area contributed by atoms with Gasteiger partial charge in [-0.2, -0.15) is 5.10 Å². The number of unbranched alkanes of at least 4 members (excludes halogenated alkanes) is 4. The van der Waals surface area contributed by atoms with Crippen molar-refractivity contribution in [2.75, 3.05) is 13.2 Å². The van der Waals surface area contributed by atoms with Crippen LogP contribution < -0.4 is 14.9 Å². The van der Waals surface area contributed by atoms with E-state index in [2.05, 4.69) is 24.4 Å². The van der Waals surface area contributed by atoms with Gasteiger partial charge in [-0.15, -0.1) is 0 Å².